The summed E-state index contributed by atoms with van der Waals surface area (Å²) < 4.78 is 7.71. The predicted molar refractivity (Wildman–Crippen MR) is 141 cm³/mol. The molecule has 4 rings (SSSR count). The van der Waals surface area contributed by atoms with Crippen molar-refractivity contribution in [3.8, 4) is 5.75 Å². The molecule has 0 aliphatic rings. The average molecular weight is 566 g/mol. The molecular weight excluding hydrogens is 546 g/mol. The number of nitrogens with zero attached hydrogens (tertiary/aromatic N) is 5. The number of ether oxygens (including phenoxy) is 1. The molecule has 0 amide bonds. The molecule has 4 aromatic rings. The minimum absolute atomic E-state index is 0.0247. The van der Waals surface area contributed by atoms with Gasteiger partial charge in [0.05, 0.1) is 27.0 Å². The lowest BCUT2D eigenvalue weighted by Gasteiger charge is -2.12. The highest BCUT2D eigenvalue weighted by Crippen LogP contribution is 2.25. The number of aromatic nitrogens is 2. The molecule has 1 aromatic heterocycles. The van der Waals surface area contributed by atoms with E-state index in [9.17, 15) is 25.0 Å². The fraction of sp³-hybridized carbons (Fsp3) is 0.160. The van der Waals surface area contributed by atoms with Gasteiger partial charge in [0.1, 0.15) is 18.2 Å². The second-order valence-corrected chi connectivity index (χ2v) is 9.26. The summed E-state index contributed by atoms with van der Waals surface area (Å²) in [4.78, 5) is 39.2. The lowest BCUT2D eigenvalue weighted by molar-refractivity contribution is -0.385. The Morgan fingerprint density at radius 2 is 1.78 bits per heavy atom. The van der Waals surface area contributed by atoms with Gasteiger partial charge in [0.25, 0.3) is 16.9 Å². The molecule has 1 heterocycles. The maximum absolute atomic E-state index is 13.3. The van der Waals surface area contributed by atoms with Crippen molar-refractivity contribution in [1.29, 1.82) is 0 Å². The molecule has 0 saturated carbocycles. The quantitative estimate of drug-likeness (QED) is 0.154. The van der Waals surface area contributed by atoms with Gasteiger partial charge in [-0.3, -0.25) is 25.0 Å². The summed E-state index contributed by atoms with van der Waals surface area (Å²) in [6.45, 7) is 3.72. The summed E-state index contributed by atoms with van der Waals surface area (Å²) in [6.07, 6.45) is 1.30. The van der Waals surface area contributed by atoms with Gasteiger partial charge in [0.15, 0.2) is 0 Å². The first kappa shape index (κ1) is 25.6. The van der Waals surface area contributed by atoms with Gasteiger partial charge in [-0.05, 0) is 29.8 Å². The van der Waals surface area contributed by atoms with Crippen molar-refractivity contribution < 1.29 is 14.6 Å². The van der Waals surface area contributed by atoms with Crippen molar-refractivity contribution in [2.45, 2.75) is 26.4 Å². The first-order chi connectivity index (χ1) is 17.6. The Morgan fingerprint density at radius 1 is 1.05 bits per heavy atom. The van der Waals surface area contributed by atoms with Crippen molar-refractivity contribution >= 4 is 44.4 Å². The van der Waals surface area contributed by atoms with E-state index in [0.29, 0.717) is 26.8 Å². The molecule has 0 bridgehead atoms. The first-order valence-corrected chi connectivity index (χ1v) is 11.8. The maximum Gasteiger partial charge on any atom is 0.282 e. The molecule has 0 aliphatic carbocycles. The number of fused-ring (bicyclic) bond motifs is 1. The summed E-state index contributed by atoms with van der Waals surface area (Å²) in [5.74, 6) is 0.518. The molecule has 0 radical (unpaired) electrons. The number of halogens is 1. The number of nitro groups is 2. The molecule has 0 aliphatic heterocycles. The van der Waals surface area contributed by atoms with Crippen LogP contribution in [-0.2, 0) is 6.61 Å². The molecular formula is C25H20BrN5O6. The van der Waals surface area contributed by atoms with Crippen molar-refractivity contribution in [3.63, 3.8) is 0 Å². The van der Waals surface area contributed by atoms with Gasteiger partial charge in [-0.25, -0.2) is 4.98 Å². The van der Waals surface area contributed by atoms with Gasteiger partial charge in [0.2, 0.25) is 0 Å². The molecule has 0 unspecified atom stereocenters. The van der Waals surface area contributed by atoms with E-state index < -0.39 is 15.4 Å². The van der Waals surface area contributed by atoms with Gasteiger partial charge in [-0.1, -0.05) is 41.9 Å². The van der Waals surface area contributed by atoms with E-state index in [1.54, 1.807) is 30.3 Å². The van der Waals surface area contributed by atoms with Crippen LogP contribution in [-0.4, -0.2) is 25.7 Å². The fourth-order valence-electron chi connectivity index (χ4n) is 3.57. The number of non-ortho nitro benzene ring substituents is 2. The summed E-state index contributed by atoms with van der Waals surface area (Å²) in [5, 5.41) is 27.1. The zero-order valence-electron chi connectivity index (χ0n) is 19.7. The zero-order valence-corrected chi connectivity index (χ0v) is 21.3. The Labute approximate surface area is 218 Å². The van der Waals surface area contributed by atoms with Crippen molar-refractivity contribution in [2.24, 2.45) is 5.10 Å². The van der Waals surface area contributed by atoms with Crippen LogP contribution < -0.4 is 10.3 Å². The molecule has 0 atom stereocenters. The summed E-state index contributed by atoms with van der Waals surface area (Å²) in [5.41, 5.74) is 0.646. The van der Waals surface area contributed by atoms with Crippen LogP contribution >= 0.6 is 15.9 Å². The highest BCUT2D eigenvalue weighted by molar-refractivity contribution is 9.10. The minimum atomic E-state index is -0.553. The molecule has 0 N–H and O–H groups in total. The van der Waals surface area contributed by atoms with Crippen molar-refractivity contribution in [3.05, 3.63) is 113 Å². The molecule has 11 nitrogen and oxygen atoms in total. The Hall–Kier alpha value is -4.45. The van der Waals surface area contributed by atoms with Crippen LogP contribution in [0.25, 0.3) is 10.9 Å². The standard InChI is InChI=1S/C25H20BrN5O6/c1-15(2)24-28-22-8-6-18(26)12-21(22)25(32)29(24)27-13-17-11-20(31(35)36)7-9-23(17)37-14-16-4-3-5-19(10-16)30(33)34/h3-13,15H,14H2,1-2H3. The van der Waals surface area contributed by atoms with Crippen LogP contribution in [0.4, 0.5) is 11.4 Å². The predicted octanol–water partition coefficient (Wildman–Crippen LogP) is 5.56. The zero-order chi connectivity index (χ0) is 26.7. The third-order valence-electron chi connectivity index (χ3n) is 5.38. The number of nitro benzene ring substituents is 2. The fourth-order valence-corrected chi connectivity index (χ4v) is 3.93. The van der Waals surface area contributed by atoms with Gasteiger partial charge >= 0.3 is 0 Å². The van der Waals surface area contributed by atoms with E-state index in [0.717, 1.165) is 0 Å². The van der Waals surface area contributed by atoms with Crippen LogP contribution in [0.3, 0.4) is 0 Å². The van der Waals surface area contributed by atoms with E-state index in [2.05, 4.69) is 26.0 Å². The summed E-state index contributed by atoms with van der Waals surface area (Å²) in [7, 11) is 0. The Kier molecular flexibility index (Phi) is 7.39. The number of hydrogen-bond acceptors (Lipinski definition) is 8. The average Bonchev–Trinajstić information content (AvgIpc) is 2.87. The highest BCUT2D eigenvalue weighted by Gasteiger charge is 2.16. The van der Waals surface area contributed by atoms with E-state index in [-0.39, 0.29) is 35.2 Å². The third-order valence-corrected chi connectivity index (χ3v) is 5.88. The largest absolute Gasteiger partial charge is 0.488 e. The van der Waals surface area contributed by atoms with Gasteiger partial charge in [-0.15, -0.1) is 0 Å². The second-order valence-electron chi connectivity index (χ2n) is 8.34. The minimum Gasteiger partial charge on any atom is -0.488 e. The van der Waals surface area contributed by atoms with E-state index >= 15 is 0 Å². The molecule has 12 heteroatoms. The van der Waals surface area contributed by atoms with E-state index in [4.69, 9.17) is 4.74 Å². The molecule has 0 saturated heterocycles. The Bertz CT molecular complexity index is 1620. The lowest BCUT2D eigenvalue weighted by atomic mass is 10.1. The first-order valence-electron chi connectivity index (χ1n) is 11.0. The molecule has 0 fully saturated rings. The van der Waals surface area contributed by atoms with Crippen LogP contribution in [0.2, 0.25) is 0 Å². The smallest absolute Gasteiger partial charge is 0.282 e. The maximum atomic E-state index is 13.3. The van der Waals surface area contributed by atoms with Crippen LogP contribution in [0.15, 0.2) is 75.0 Å². The van der Waals surface area contributed by atoms with Gasteiger partial charge in [-0.2, -0.15) is 9.78 Å². The van der Waals surface area contributed by atoms with Crippen LogP contribution in [0, 0.1) is 20.2 Å². The van der Waals surface area contributed by atoms with Crippen LogP contribution in [0.5, 0.6) is 5.75 Å². The van der Waals surface area contributed by atoms with Crippen molar-refractivity contribution in [2.75, 3.05) is 0 Å². The SMILES string of the molecule is CC(C)c1nc2ccc(Br)cc2c(=O)n1N=Cc1cc([N+](=O)[O-])ccc1OCc1cccc([N+](=O)[O-])c1. The molecule has 37 heavy (non-hydrogen) atoms. The van der Waals surface area contributed by atoms with Crippen LogP contribution in [0.1, 0.15) is 36.7 Å². The highest BCUT2D eigenvalue weighted by atomic mass is 79.9. The Balaban J connectivity index is 1.75. The van der Waals surface area contributed by atoms with E-state index in [1.165, 1.54) is 41.2 Å². The van der Waals surface area contributed by atoms with E-state index in [1.807, 2.05) is 13.8 Å². The molecule has 0 spiro atoms. The topological polar surface area (TPSA) is 143 Å². The second kappa shape index (κ2) is 10.7. The number of benzene rings is 3. The number of rotatable bonds is 8. The summed E-state index contributed by atoms with van der Waals surface area (Å²) >= 11 is 3.36. The van der Waals surface area contributed by atoms with Crippen molar-refractivity contribution in [1.82, 2.24) is 9.66 Å². The number of hydrogen-bond donors (Lipinski definition) is 0. The monoisotopic (exact) mass is 565 g/mol. The van der Waals surface area contributed by atoms with Gasteiger partial charge in [0, 0.05) is 40.2 Å². The third kappa shape index (κ3) is 5.70. The van der Waals surface area contributed by atoms with Gasteiger partial charge < -0.3 is 4.74 Å². The lowest BCUT2D eigenvalue weighted by Crippen LogP contribution is -2.23. The summed E-state index contributed by atoms with van der Waals surface area (Å²) in [6, 6.07) is 15.1. The Morgan fingerprint density at radius 3 is 2.49 bits per heavy atom. The molecule has 188 valence electrons. The normalized spacial score (nSPS) is 11.4. The molecule has 3 aromatic carbocycles.